The number of nitrogens with two attached hydrogens (primary N) is 1. The largest absolute Gasteiger partial charge is 0.399 e. The van der Waals surface area contributed by atoms with Crippen molar-refractivity contribution in [1.82, 2.24) is 0 Å². The van der Waals surface area contributed by atoms with E-state index < -0.39 is 0 Å². The summed E-state index contributed by atoms with van der Waals surface area (Å²) in [5.41, 5.74) is 11.4. The van der Waals surface area contributed by atoms with Crippen LogP contribution < -0.4 is 5.73 Å². The van der Waals surface area contributed by atoms with E-state index in [1.807, 2.05) is 31.2 Å². The summed E-state index contributed by atoms with van der Waals surface area (Å²) in [6.45, 7) is 4.14. The van der Waals surface area contributed by atoms with Gasteiger partial charge in [-0.15, -0.1) is 0 Å². The minimum Gasteiger partial charge on any atom is -0.399 e. The number of benzene rings is 2. The summed E-state index contributed by atoms with van der Waals surface area (Å²) in [5.74, 6) is 0. The van der Waals surface area contributed by atoms with Crippen LogP contribution in [0.15, 0.2) is 42.5 Å². The fraction of sp³-hybridized carbons (Fsp3) is 0.250. The van der Waals surface area contributed by atoms with E-state index in [0.29, 0.717) is 0 Å². The molecule has 2 aromatic rings. The number of ether oxygens (including phenoxy) is 1. The van der Waals surface area contributed by atoms with Gasteiger partial charge in [0.2, 0.25) is 0 Å². The van der Waals surface area contributed by atoms with Crippen molar-refractivity contribution in [3.05, 3.63) is 64.7 Å². The van der Waals surface area contributed by atoms with E-state index in [4.69, 9.17) is 10.5 Å². The monoisotopic (exact) mass is 241 g/mol. The smallest absolute Gasteiger partial charge is 0.107 e. The SMILES string of the molecule is COC(c1ccccc1)c1ccc(N)c(C)c1C. The van der Waals surface area contributed by atoms with Crippen LogP contribution in [0.1, 0.15) is 28.4 Å². The zero-order valence-corrected chi connectivity index (χ0v) is 11.1. The van der Waals surface area contributed by atoms with Crippen LogP contribution in [-0.2, 0) is 4.74 Å². The zero-order valence-electron chi connectivity index (χ0n) is 11.1. The van der Waals surface area contributed by atoms with Crippen LogP contribution in [-0.4, -0.2) is 7.11 Å². The molecular formula is C16H19NO. The zero-order chi connectivity index (χ0) is 13.1. The number of hydrogen-bond acceptors (Lipinski definition) is 2. The Kier molecular flexibility index (Phi) is 3.68. The fourth-order valence-corrected chi connectivity index (χ4v) is 2.22. The second-order valence-electron chi connectivity index (χ2n) is 4.52. The molecule has 2 rings (SSSR count). The lowest BCUT2D eigenvalue weighted by Crippen LogP contribution is -2.07. The molecule has 0 saturated heterocycles. The summed E-state index contributed by atoms with van der Waals surface area (Å²) in [7, 11) is 1.74. The van der Waals surface area contributed by atoms with E-state index in [0.717, 1.165) is 16.8 Å². The molecule has 18 heavy (non-hydrogen) atoms. The average molecular weight is 241 g/mol. The van der Waals surface area contributed by atoms with Gasteiger partial charge in [0.15, 0.2) is 0 Å². The van der Waals surface area contributed by atoms with Crippen LogP contribution in [0, 0.1) is 13.8 Å². The van der Waals surface area contributed by atoms with Crippen molar-refractivity contribution in [2.24, 2.45) is 0 Å². The Morgan fingerprint density at radius 2 is 1.61 bits per heavy atom. The van der Waals surface area contributed by atoms with Crippen molar-refractivity contribution in [3.8, 4) is 0 Å². The number of anilines is 1. The van der Waals surface area contributed by atoms with Crippen LogP contribution in [0.3, 0.4) is 0 Å². The van der Waals surface area contributed by atoms with Gasteiger partial charge in [-0.1, -0.05) is 36.4 Å². The highest BCUT2D eigenvalue weighted by Crippen LogP contribution is 2.31. The third-order valence-corrected chi connectivity index (χ3v) is 3.49. The highest BCUT2D eigenvalue weighted by Gasteiger charge is 2.16. The fourth-order valence-electron chi connectivity index (χ4n) is 2.22. The highest BCUT2D eigenvalue weighted by atomic mass is 16.5. The molecule has 0 bridgehead atoms. The highest BCUT2D eigenvalue weighted by molar-refractivity contribution is 5.54. The molecule has 1 unspecified atom stereocenters. The molecule has 1 atom stereocenters. The van der Waals surface area contributed by atoms with Gasteiger partial charge in [-0.2, -0.15) is 0 Å². The van der Waals surface area contributed by atoms with Crippen LogP contribution in [0.4, 0.5) is 5.69 Å². The van der Waals surface area contributed by atoms with Crippen LogP contribution in [0.5, 0.6) is 0 Å². The molecule has 0 aromatic heterocycles. The maximum atomic E-state index is 5.93. The predicted molar refractivity (Wildman–Crippen MR) is 75.6 cm³/mol. The third-order valence-electron chi connectivity index (χ3n) is 3.49. The Balaban J connectivity index is 2.50. The topological polar surface area (TPSA) is 35.2 Å². The number of nitrogen functional groups attached to an aromatic ring is 1. The molecule has 0 heterocycles. The first-order chi connectivity index (χ1) is 8.65. The van der Waals surface area contributed by atoms with Crippen molar-refractivity contribution < 1.29 is 4.74 Å². The molecular weight excluding hydrogens is 222 g/mol. The van der Waals surface area contributed by atoms with Crippen molar-refractivity contribution in [3.63, 3.8) is 0 Å². The molecule has 0 saturated carbocycles. The number of hydrogen-bond donors (Lipinski definition) is 1. The Labute approximate surface area is 108 Å². The van der Waals surface area contributed by atoms with Crippen molar-refractivity contribution in [2.75, 3.05) is 12.8 Å². The molecule has 0 amide bonds. The summed E-state index contributed by atoms with van der Waals surface area (Å²) in [4.78, 5) is 0. The van der Waals surface area contributed by atoms with Crippen LogP contribution >= 0.6 is 0 Å². The first kappa shape index (κ1) is 12.7. The normalized spacial score (nSPS) is 12.4. The van der Waals surface area contributed by atoms with Gasteiger partial charge < -0.3 is 10.5 Å². The number of methoxy groups -OCH3 is 1. The van der Waals surface area contributed by atoms with E-state index in [1.54, 1.807) is 7.11 Å². The molecule has 94 valence electrons. The molecule has 2 heteroatoms. The van der Waals surface area contributed by atoms with Crippen LogP contribution in [0.25, 0.3) is 0 Å². The van der Waals surface area contributed by atoms with Gasteiger partial charge in [-0.05, 0) is 42.2 Å². The summed E-state index contributed by atoms with van der Waals surface area (Å²) in [6, 6.07) is 14.2. The summed E-state index contributed by atoms with van der Waals surface area (Å²) < 4.78 is 5.66. The Hall–Kier alpha value is -1.80. The molecule has 0 radical (unpaired) electrons. The van der Waals surface area contributed by atoms with Crippen molar-refractivity contribution >= 4 is 5.69 Å². The minimum atomic E-state index is -0.0366. The van der Waals surface area contributed by atoms with E-state index in [1.165, 1.54) is 11.1 Å². The molecule has 0 fully saturated rings. The lowest BCUT2D eigenvalue weighted by atomic mass is 9.94. The van der Waals surface area contributed by atoms with Crippen molar-refractivity contribution in [1.29, 1.82) is 0 Å². The Morgan fingerprint density at radius 1 is 0.944 bits per heavy atom. The van der Waals surface area contributed by atoms with E-state index in [2.05, 4.69) is 25.1 Å². The first-order valence-electron chi connectivity index (χ1n) is 6.08. The van der Waals surface area contributed by atoms with Gasteiger partial charge in [-0.25, -0.2) is 0 Å². The second-order valence-corrected chi connectivity index (χ2v) is 4.52. The molecule has 0 spiro atoms. The summed E-state index contributed by atoms with van der Waals surface area (Å²) >= 11 is 0. The Bertz CT molecular complexity index is 534. The molecule has 2 nitrogen and oxygen atoms in total. The van der Waals surface area contributed by atoms with Gasteiger partial charge in [0, 0.05) is 12.8 Å². The van der Waals surface area contributed by atoms with E-state index >= 15 is 0 Å². The molecule has 0 aliphatic rings. The molecule has 2 aromatic carbocycles. The van der Waals surface area contributed by atoms with E-state index in [-0.39, 0.29) is 6.10 Å². The number of rotatable bonds is 3. The minimum absolute atomic E-state index is 0.0366. The average Bonchev–Trinajstić information content (AvgIpc) is 2.41. The van der Waals surface area contributed by atoms with Gasteiger partial charge in [0.1, 0.15) is 6.10 Å². The van der Waals surface area contributed by atoms with Gasteiger partial charge in [0.05, 0.1) is 0 Å². The maximum absolute atomic E-state index is 5.93. The van der Waals surface area contributed by atoms with Gasteiger partial charge >= 0.3 is 0 Å². The second kappa shape index (κ2) is 5.23. The molecule has 0 aliphatic heterocycles. The lowest BCUT2D eigenvalue weighted by Gasteiger charge is -2.20. The van der Waals surface area contributed by atoms with Gasteiger partial charge in [0.25, 0.3) is 0 Å². The van der Waals surface area contributed by atoms with Crippen LogP contribution in [0.2, 0.25) is 0 Å². The molecule has 2 N–H and O–H groups in total. The summed E-state index contributed by atoms with van der Waals surface area (Å²) in [6.07, 6.45) is -0.0366. The van der Waals surface area contributed by atoms with E-state index in [9.17, 15) is 0 Å². The predicted octanol–water partition coefficient (Wildman–Crippen LogP) is 3.62. The Morgan fingerprint density at radius 3 is 2.22 bits per heavy atom. The molecule has 0 aliphatic carbocycles. The van der Waals surface area contributed by atoms with Crippen molar-refractivity contribution in [2.45, 2.75) is 20.0 Å². The first-order valence-corrected chi connectivity index (χ1v) is 6.08. The van der Waals surface area contributed by atoms with Gasteiger partial charge in [-0.3, -0.25) is 0 Å². The lowest BCUT2D eigenvalue weighted by molar-refractivity contribution is 0.136. The quantitative estimate of drug-likeness (QED) is 0.833. The maximum Gasteiger partial charge on any atom is 0.107 e. The summed E-state index contributed by atoms with van der Waals surface area (Å²) in [5, 5.41) is 0. The third kappa shape index (κ3) is 2.24. The standard InChI is InChI=1S/C16H19NO/c1-11-12(2)15(17)10-9-14(11)16(18-3)13-7-5-4-6-8-13/h4-10,16H,17H2,1-3H3.